The van der Waals surface area contributed by atoms with E-state index in [4.69, 9.17) is 11.6 Å². The van der Waals surface area contributed by atoms with Crippen molar-refractivity contribution in [2.24, 2.45) is 5.41 Å². The highest BCUT2D eigenvalue weighted by Crippen LogP contribution is 2.56. The second kappa shape index (κ2) is 7.86. The summed E-state index contributed by atoms with van der Waals surface area (Å²) in [6, 6.07) is 3.66. The third-order valence-electron chi connectivity index (χ3n) is 7.44. The Morgan fingerprint density at radius 2 is 1.80 bits per heavy atom. The number of alkyl halides is 3. The van der Waals surface area contributed by atoms with Gasteiger partial charge in [0.15, 0.2) is 11.6 Å². The number of aromatic nitrogens is 5. The third kappa shape index (κ3) is 3.85. The van der Waals surface area contributed by atoms with Gasteiger partial charge in [0.1, 0.15) is 11.9 Å². The zero-order valence-corrected chi connectivity index (χ0v) is 19.6. The first kappa shape index (κ1) is 22.7. The van der Waals surface area contributed by atoms with Gasteiger partial charge < -0.3 is 4.90 Å². The summed E-state index contributed by atoms with van der Waals surface area (Å²) < 4.78 is 55.7. The van der Waals surface area contributed by atoms with Gasteiger partial charge in [0.25, 0.3) is 0 Å². The molecule has 0 amide bonds. The van der Waals surface area contributed by atoms with Crippen LogP contribution in [0.1, 0.15) is 42.9 Å². The van der Waals surface area contributed by atoms with Crippen LogP contribution >= 0.6 is 11.6 Å². The molecule has 1 aromatic carbocycles. The lowest BCUT2D eigenvalue weighted by Gasteiger charge is -2.58. The molecule has 0 bridgehead atoms. The summed E-state index contributed by atoms with van der Waals surface area (Å²) >= 11 is 6.21. The number of rotatable bonds is 3. The highest BCUT2D eigenvalue weighted by atomic mass is 35.5. The number of halogens is 5. The van der Waals surface area contributed by atoms with Crippen molar-refractivity contribution in [3.05, 3.63) is 58.6 Å². The predicted molar refractivity (Wildman–Crippen MR) is 120 cm³/mol. The largest absolute Gasteiger partial charge is 0.403 e. The summed E-state index contributed by atoms with van der Waals surface area (Å²) in [6.45, 7) is 2.87. The molecule has 0 radical (unpaired) electrons. The molecule has 0 N–H and O–H groups in total. The Bertz CT molecular complexity index is 1260. The number of fused-ring (bicyclic) bond motifs is 3. The Hall–Kier alpha value is -2.79. The highest BCUT2D eigenvalue weighted by molar-refractivity contribution is 6.30. The monoisotopic (exact) mass is 507 g/mol. The van der Waals surface area contributed by atoms with Crippen molar-refractivity contribution >= 4 is 17.5 Å². The third-order valence-corrected chi connectivity index (χ3v) is 7.68. The summed E-state index contributed by atoms with van der Waals surface area (Å²) in [4.78, 5) is 11.5. The normalized spacial score (nSPS) is 20.6. The Morgan fingerprint density at radius 1 is 1.09 bits per heavy atom. The van der Waals surface area contributed by atoms with Crippen LogP contribution in [0.4, 0.5) is 23.5 Å². The fourth-order valence-electron chi connectivity index (χ4n) is 5.60. The van der Waals surface area contributed by atoms with Gasteiger partial charge in [0.2, 0.25) is 5.95 Å². The van der Waals surface area contributed by atoms with Gasteiger partial charge in [-0.25, -0.2) is 14.4 Å². The number of nitrogens with zero attached hydrogens (tertiary/aromatic N) is 7. The van der Waals surface area contributed by atoms with E-state index in [0.717, 1.165) is 49.8 Å². The van der Waals surface area contributed by atoms with Gasteiger partial charge >= 0.3 is 6.18 Å². The van der Waals surface area contributed by atoms with E-state index in [2.05, 4.69) is 20.2 Å². The van der Waals surface area contributed by atoms with Crippen LogP contribution in [0.3, 0.4) is 0 Å². The maximum Gasteiger partial charge on any atom is 0.403 e. The van der Waals surface area contributed by atoms with Crippen LogP contribution in [0, 0.1) is 11.2 Å². The molecule has 4 heterocycles. The average Bonchev–Trinajstić information content (AvgIpc) is 3.07. The summed E-state index contributed by atoms with van der Waals surface area (Å²) in [6.07, 6.45) is -0.270. The molecule has 2 aliphatic heterocycles. The summed E-state index contributed by atoms with van der Waals surface area (Å²) in [5.74, 6) is 1.45. The molecule has 184 valence electrons. The summed E-state index contributed by atoms with van der Waals surface area (Å²) in [5, 5.41) is 9.24. The number of hydrogen-bond donors (Lipinski definition) is 0. The minimum Gasteiger partial charge on any atom is -0.340 e. The number of benzene rings is 1. The van der Waals surface area contributed by atoms with Crippen LogP contribution in [0.5, 0.6) is 0 Å². The van der Waals surface area contributed by atoms with E-state index in [1.54, 1.807) is 12.1 Å². The second-order valence-corrected chi connectivity index (χ2v) is 10.3. The Kier molecular flexibility index (Phi) is 5.09. The quantitative estimate of drug-likeness (QED) is 0.486. The molecule has 12 heteroatoms. The molecule has 3 aromatic rings. The van der Waals surface area contributed by atoms with Crippen LogP contribution in [0.15, 0.2) is 30.6 Å². The van der Waals surface area contributed by atoms with Gasteiger partial charge in [-0.2, -0.15) is 13.2 Å². The molecule has 3 aliphatic rings. The summed E-state index contributed by atoms with van der Waals surface area (Å²) in [5.41, 5.74) is 1.60. The Morgan fingerprint density at radius 3 is 2.49 bits per heavy atom. The van der Waals surface area contributed by atoms with Crippen molar-refractivity contribution in [1.29, 1.82) is 0 Å². The Balaban J connectivity index is 1.25. The lowest BCUT2D eigenvalue weighted by atomic mass is 9.57. The van der Waals surface area contributed by atoms with E-state index in [1.807, 2.05) is 15.5 Å². The van der Waals surface area contributed by atoms with E-state index in [9.17, 15) is 17.6 Å². The van der Waals surface area contributed by atoms with E-state index < -0.39 is 18.0 Å². The van der Waals surface area contributed by atoms with E-state index in [0.29, 0.717) is 22.4 Å². The molecular formula is C23H22ClF4N7. The lowest BCUT2D eigenvalue weighted by Crippen LogP contribution is -2.62. The minimum atomic E-state index is -4.36. The van der Waals surface area contributed by atoms with Crippen molar-refractivity contribution in [3.63, 3.8) is 0 Å². The van der Waals surface area contributed by atoms with Crippen molar-refractivity contribution < 1.29 is 17.6 Å². The highest BCUT2D eigenvalue weighted by Gasteiger charge is 2.55. The molecule has 1 saturated heterocycles. The van der Waals surface area contributed by atoms with E-state index >= 15 is 0 Å². The molecule has 1 atom stereocenters. The van der Waals surface area contributed by atoms with E-state index in [1.165, 1.54) is 11.8 Å². The van der Waals surface area contributed by atoms with Gasteiger partial charge in [-0.05, 0) is 43.5 Å². The smallest absolute Gasteiger partial charge is 0.340 e. The number of anilines is 1. The molecule has 6 rings (SSSR count). The molecule has 2 aromatic heterocycles. The first-order valence-corrected chi connectivity index (χ1v) is 11.8. The number of hydrogen-bond acceptors (Lipinski definition) is 6. The molecule has 1 saturated carbocycles. The fourth-order valence-corrected chi connectivity index (χ4v) is 5.79. The zero-order chi connectivity index (χ0) is 24.5. The van der Waals surface area contributed by atoms with Crippen LogP contribution in [0.2, 0.25) is 5.02 Å². The van der Waals surface area contributed by atoms with Gasteiger partial charge in [-0.15, -0.1) is 10.2 Å². The van der Waals surface area contributed by atoms with Gasteiger partial charge in [-0.3, -0.25) is 9.47 Å². The Labute approximate surface area is 203 Å². The van der Waals surface area contributed by atoms with Gasteiger partial charge in [-0.1, -0.05) is 11.6 Å². The van der Waals surface area contributed by atoms with Gasteiger partial charge in [0, 0.05) is 36.0 Å². The van der Waals surface area contributed by atoms with Crippen LogP contribution in [0.25, 0.3) is 5.69 Å². The lowest BCUT2D eigenvalue weighted by molar-refractivity contribution is -0.182. The van der Waals surface area contributed by atoms with Gasteiger partial charge in [0.05, 0.1) is 24.6 Å². The van der Waals surface area contributed by atoms with Crippen LogP contribution in [-0.4, -0.2) is 54.9 Å². The van der Waals surface area contributed by atoms with Crippen molar-refractivity contribution in [2.75, 3.05) is 18.0 Å². The second-order valence-electron chi connectivity index (χ2n) is 9.87. The first-order chi connectivity index (χ1) is 16.6. The minimum absolute atomic E-state index is 0.0352. The standard InChI is InChI=1S/C23H22ClF4N7/c1-13(23(26,27)28)33-9-14-4-16(24)2-3-18(14)35-19(10-33)31-32-20(35)15-5-22(6-15)11-34(12-22)21-29-7-17(25)8-30-21/h2-4,7-8,13,15H,5-6,9-12H2,1H3. The topological polar surface area (TPSA) is 63.0 Å². The van der Waals surface area contributed by atoms with E-state index in [-0.39, 0.29) is 24.4 Å². The van der Waals surface area contributed by atoms with Crippen LogP contribution < -0.4 is 4.90 Å². The molecule has 2 fully saturated rings. The van der Waals surface area contributed by atoms with Crippen molar-refractivity contribution in [2.45, 2.75) is 51.0 Å². The fraction of sp³-hybridized carbons (Fsp3) is 0.478. The molecule has 1 unspecified atom stereocenters. The summed E-state index contributed by atoms with van der Waals surface area (Å²) in [7, 11) is 0. The van der Waals surface area contributed by atoms with Crippen molar-refractivity contribution in [1.82, 2.24) is 29.6 Å². The molecule has 35 heavy (non-hydrogen) atoms. The maximum atomic E-state index is 13.6. The molecule has 1 spiro atoms. The maximum absolute atomic E-state index is 13.6. The molecular weight excluding hydrogens is 486 g/mol. The average molecular weight is 508 g/mol. The van der Waals surface area contributed by atoms with Crippen molar-refractivity contribution in [3.8, 4) is 5.69 Å². The molecule has 7 nitrogen and oxygen atoms in total. The molecule has 1 aliphatic carbocycles. The first-order valence-electron chi connectivity index (χ1n) is 11.4. The zero-order valence-electron chi connectivity index (χ0n) is 18.8. The predicted octanol–water partition coefficient (Wildman–Crippen LogP) is 4.50. The van der Waals surface area contributed by atoms with Crippen LogP contribution in [-0.2, 0) is 13.1 Å². The SMILES string of the molecule is CC(N1Cc2cc(Cl)ccc2-n2c(nnc2C2CC3(C2)CN(c2ncc(F)cn2)C3)C1)C(F)(F)F.